The second kappa shape index (κ2) is 5.02. The lowest BCUT2D eigenvalue weighted by atomic mass is 10.1. The van der Waals surface area contributed by atoms with Gasteiger partial charge in [0.25, 0.3) is 0 Å². The predicted molar refractivity (Wildman–Crippen MR) is 74.5 cm³/mol. The summed E-state index contributed by atoms with van der Waals surface area (Å²) in [6.07, 6.45) is 2.44. The van der Waals surface area contributed by atoms with E-state index in [0.29, 0.717) is 17.6 Å². The van der Waals surface area contributed by atoms with Gasteiger partial charge in [0.2, 0.25) is 0 Å². The van der Waals surface area contributed by atoms with Crippen LogP contribution in [0.25, 0.3) is 0 Å². The van der Waals surface area contributed by atoms with Gasteiger partial charge in [0.1, 0.15) is 4.99 Å². The van der Waals surface area contributed by atoms with Gasteiger partial charge in [0.05, 0.1) is 6.61 Å². The first-order valence-corrected chi connectivity index (χ1v) is 6.32. The van der Waals surface area contributed by atoms with Crippen LogP contribution in [-0.4, -0.2) is 29.3 Å². The standard InChI is InChI=1S/C13H18N2OS/c1-9-8-10(13(14)17)2-5-12(9)15(6-7-16)11-3-4-11/h2,5,8,11,16H,3-4,6-7H2,1H3,(H2,14,17). The molecule has 1 aliphatic carbocycles. The van der Waals surface area contributed by atoms with Gasteiger partial charge in [0, 0.05) is 23.8 Å². The molecule has 0 unspecified atom stereocenters. The van der Waals surface area contributed by atoms with Gasteiger partial charge in [-0.3, -0.25) is 0 Å². The molecule has 1 aromatic rings. The molecule has 3 nitrogen and oxygen atoms in total. The lowest BCUT2D eigenvalue weighted by molar-refractivity contribution is 0.301. The largest absolute Gasteiger partial charge is 0.395 e. The van der Waals surface area contributed by atoms with Crippen molar-refractivity contribution in [2.45, 2.75) is 25.8 Å². The molecule has 0 bridgehead atoms. The average Bonchev–Trinajstić information content (AvgIpc) is 3.10. The molecule has 0 amide bonds. The maximum absolute atomic E-state index is 9.13. The smallest absolute Gasteiger partial charge is 0.103 e. The molecule has 0 atom stereocenters. The summed E-state index contributed by atoms with van der Waals surface area (Å²) in [5, 5.41) is 9.13. The Hall–Kier alpha value is -1.13. The Morgan fingerprint density at radius 2 is 2.24 bits per heavy atom. The van der Waals surface area contributed by atoms with Gasteiger partial charge in [-0.2, -0.15) is 0 Å². The number of nitrogens with zero attached hydrogens (tertiary/aromatic N) is 1. The van der Waals surface area contributed by atoms with Crippen molar-refractivity contribution < 1.29 is 5.11 Å². The molecule has 4 heteroatoms. The molecule has 0 spiro atoms. The van der Waals surface area contributed by atoms with E-state index in [4.69, 9.17) is 23.1 Å². The normalized spacial score (nSPS) is 14.7. The molecule has 0 aliphatic heterocycles. The number of aryl methyl sites for hydroxylation is 1. The van der Waals surface area contributed by atoms with Crippen LogP contribution in [0.4, 0.5) is 5.69 Å². The summed E-state index contributed by atoms with van der Waals surface area (Å²) in [4.78, 5) is 2.71. The highest BCUT2D eigenvalue weighted by Crippen LogP contribution is 2.33. The van der Waals surface area contributed by atoms with Crippen LogP contribution in [-0.2, 0) is 0 Å². The first-order valence-electron chi connectivity index (χ1n) is 5.91. The van der Waals surface area contributed by atoms with E-state index in [9.17, 15) is 0 Å². The van der Waals surface area contributed by atoms with E-state index >= 15 is 0 Å². The molecule has 0 radical (unpaired) electrons. The number of hydrogen-bond donors (Lipinski definition) is 2. The van der Waals surface area contributed by atoms with Crippen LogP contribution in [0.5, 0.6) is 0 Å². The number of thiocarbonyl (C=S) groups is 1. The fraction of sp³-hybridized carbons (Fsp3) is 0.462. The number of aliphatic hydroxyl groups excluding tert-OH is 1. The summed E-state index contributed by atoms with van der Waals surface area (Å²) < 4.78 is 0. The van der Waals surface area contributed by atoms with Crippen LogP contribution in [0, 0.1) is 6.92 Å². The molecule has 1 aliphatic rings. The lowest BCUT2D eigenvalue weighted by Gasteiger charge is -2.25. The summed E-state index contributed by atoms with van der Waals surface area (Å²) in [5.41, 5.74) is 8.87. The van der Waals surface area contributed by atoms with Gasteiger partial charge in [0.15, 0.2) is 0 Å². The van der Waals surface area contributed by atoms with E-state index < -0.39 is 0 Å². The summed E-state index contributed by atoms with van der Waals surface area (Å²) in [6, 6.07) is 6.62. The fourth-order valence-electron chi connectivity index (χ4n) is 2.12. The highest BCUT2D eigenvalue weighted by Gasteiger charge is 2.29. The van der Waals surface area contributed by atoms with Crippen molar-refractivity contribution >= 4 is 22.9 Å². The summed E-state index contributed by atoms with van der Waals surface area (Å²) in [7, 11) is 0. The van der Waals surface area contributed by atoms with Crippen LogP contribution in [0.1, 0.15) is 24.0 Å². The Balaban J connectivity index is 2.27. The monoisotopic (exact) mass is 250 g/mol. The Bertz CT molecular complexity index is 429. The highest BCUT2D eigenvalue weighted by molar-refractivity contribution is 7.80. The first kappa shape index (κ1) is 12.3. The second-order valence-electron chi connectivity index (χ2n) is 4.51. The molecule has 0 saturated heterocycles. The van der Waals surface area contributed by atoms with Gasteiger partial charge >= 0.3 is 0 Å². The average molecular weight is 250 g/mol. The van der Waals surface area contributed by atoms with E-state index in [1.54, 1.807) is 0 Å². The van der Waals surface area contributed by atoms with Crippen LogP contribution >= 0.6 is 12.2 Å². The zero-order chi connectivity index (χ0) is 12.4. The minimum atomic E-state index is 0.187. The van der Waals surface area contributed by atoms with Crippen LogP contribution in [0.15, 0.2) is 18.2 Å². The molecule has 92 valence electrons. The SMILES string of the molecule is Cc1cc(C(N)=S)ccc1N(CCO)C1CC1. The molecule has 0 aromatic heterocycles. The van der Waals surface area contributed by atoms with Gasteiger partial charge in [-0.05, 0) is 43.5 Å². The van der Waals surface area contributed by atoms with Crippen LogP contribution in [0.2, 0.25) is 0 Å². The van der Waals surface area contributed by atoms with Crippen LogP contribution < -0.4 is 10.6 Å². The van der Waals surface area contributed by atoms with Crippen molar-refractivity contribution in [3.63, 3.8) is 0 Å². The number of benzene rings is 1. The molecule has 1 aromatic carbocycles. The van der Waals surface area contributed by atoms with E-state index in [-0.39, 0.29) is 6.61 Å². The first-order chi connectivity index (χ1) is 8.13. The lowest BCUT2D eigenvalue weighted by Crippen LogP contribution is -2.29. The van der Waals surface area contributed by atoms with E-state index in [0.717, 1.165) is 11.1 Å². The number of aliphatic hydroxyl groups is 1. The minimum Gasteiger partial charge on any atom is -0.395 e. The number of anilines is 1. The fourth-order valence-corrected chi connectivity index (χ4v) is 2.25. The highest BCUT2D eigenvalue weighted by atomic mass is 32.1. The Morgan fingerprint density at radius 3 is 2.71 bits per heavy atom. The number of hydrogen-bond acceptors (Lipinski definition) is 3. The van der Waals surface area contributed by atoms with Gasteiger partial charge in [-0.25, -0.2) is 0 Å². The van der Waals surface area contributed by atoms with E-state index in [2.05, 4.69) is 17.9 Å². The molecule has 2 rings (SSSR count). The van der Waals surface area contributed by atoms with Crippen LogP contribution in [0.3, 0.4) is 0 Å². The second-order valence-corrected chi connectivity index (χ2v) is 4.95. The maximum Gasteiger partial charge on any atom is 0.103 e. The third-order valence-corrected chi connectivity index (χ3v) is 3.35. The van der Waals surface area contributed by atoms with Crippen molar-refractivity contribution in [1.29, 1.82) is 0 Å². The summed E-state index contributed by atoms with van der Waals surface area (Å²) in [5.74, 6) is 0. The topological polar surface area (TPSA) is 49.5 Å². The van der Waals surface area contributed by atoms with Crippen molar-refractivity contribution in [2.75, 3.05) is 18.1 Å². The molecule has 3 N–H and O–H groups in total. The molecule has 0 heterocycles. The zero-order valence-corrected chi connectivity index (χ0v) is 10.8. The quantitative estimate of drug-likeness (QED) is 0.779. The Morgan fingerprint density at radius 1 is 1.53 bits per heavy atom. The summed E-state index contributed by atoms with van der Waals surface area (Å²) >= 11 is 4.97. The molecule has 1 saturated carbocycles. The Kier molecular flexibility index (Phi) is 3.64. The van der Waals surface area contributed by atoms with Crippen molar-refractivity contribution in [3.05, 3.63) is 29.3 Å². The third-order valence-electron chi connectivity index (χ3n) is 3.12. The van der Waals surface area contributed by atoms with Crippen molar-refractivity contribution in [1.82, 2.24) is 0 Å². The molecule has 17 heavy (non-hydrogen) atoms. The van der Waals surface area contributed by atoms with E-state index in [1.165, 1.54) is 18.5 Å². The predicted octanol–water partition coefficient (Wildman–Crippen LogP) is 1.59. The molecular weight excluding hydrogens is 232 g/mol. The van der Waals surface area contributed by atoms with Gasteiger partial charge in [-0.1, -0.05) is 12.2 Å². The minimum absolute atomic E-state index is 0.187. The molecular formula is C13H18N2OS. The maximum atomic E-state index is 9.13. The number of nitrogens with two attached hydrogens (primary N) is 1. The number of rotatable bonds is 5. The third kappa shape index (κ3) is 2.76. The van der Waals surface area contributed by atoms with Gasteiger partial charge < -0.3 is 15.7 Å². The van der Waals surface area contributed by atoms with Gasteiger partial charge in [-0.15, -0.1) is 0 Å². The Labute approximate surface area is 107 Å². The molecule has 1 fully saturated rings. The zero-order valence-electron chi connectivity index (χ0n) is 10.0. The summed E-state index contributed by atoms with van der Waals surface area (Å²) in [6.45, 7) is 2.94. The van der Waals surface area contributed by atoms with Crippen molar-refractivity contribution in [3.8, 4) is 0 Å². The van der Waals surface area contributed by atoms with Crippen molar-refractivity contribution in [2.24, 2.45) is 5.73 Å². The van der Waals surface area contributed by atoms with E-state index in [1.807, 2.05) is 12.1 Å².